The summed E-state index contributed by atoms with van der Waals surface area (Å²) in [6, 6.07) is 16.0. The molecular formula is C15H13BrN2O. The van der Waals surface area contributed by atoms with Crippen LogP contribution in [0.15, 0.2) is 53.0 Å². The molecule has 1 heterocycles. The topological polar surface area (TPSA) is 38.0 Å². The van der Waals surface area contributed by atoms with Crippen molar-refractivity contribution in [2.24, 2.45) is 0 Å². The second kappa shape index (κ2) is 5.15. The molecule has 0 radical (unpaired) electrons. The smallest absolute Gasteiger partial charge is 0.142 e. The van der Waals surface area contributed by atoms with Crippen molar-refractivity contribution < 1.29 is 5.11 Å². The van der Waals surface area contributed by atoms with Crippen LogP contribution >= 0.6 is 15.9 Å². The average Bonchev–Trinajstić information content (AvgIpc) is 2.79. The Hall–Kier alpha value is -1.65. The van der Waals surface area contributed by atoms with Crippen molar-refractivity contribution in [3.8, 4) is 11.4 Å². The van der Waals surface area contributed by atoms with Crippen LogP contribution in [0.3, 0.4) is 0 Å². The Kier molecular flexibility index (Phi) is 3.36. The minimum Gasteiger partial charge on any atom is -0.395 e. The number of halogens is 1. The molecular weight excluding hydrogens is 304 g/mol. The summed E-state index contributed by atoms with van der Waals surface area (Å²) < 4.78 is 3.06. The standard InChI is InChI=1S/C15H13BrN2O/c16-12-6-2-1-5-11(12)15-17-13-7-3-4-8-14(13)18(15)9-10-19/h1-8,19H,9-10H2. The fourth-order valence-corrected chi connectivity index (χ4v) is 2.71. The van der Waals surface area contributed by atoms with E-state index in [1.807, 2.05) is 48.5 Å². The van der Waals surface area contributed by atoms with E-state index in [2.05, 4.69) is 25.5 Å². The number of aliphatic hydroxyl groups excluding tert-OH is 1. The van der Waals surface area contributed by atoms with Gasteiger partial charge >= 0.3 is 0 Å². The Labute approximate surface area is 119 Å². The summed E-state index contributed by atoms with van der Waals surface area (Å²) in [5.41, 5.74) is 3.02. The Morgan fingerprint density at radius 3 is 2.58 bits per heavy atom. The van der Waals surface area contributed by atoms with E-state index >= 15 is 0 Å². The highest BCUT2D eigenvalue weighted by Crippen LogP contribution is 2.30. The molecule has 2 aromatic carbocycles. The van der Waals surface area contributed by atoms with Gasteiger partial charge < -0.3 is 9.67 Å². The molecule has 3 nitrogen and oxygen atoms in total. The van der Waals surface area contributed by atoms with E-state index < -0.39 is 0 Å². The molecule has 96 valence electrons. The fourth-order valence-electron chi connectivity index (χ4n) is 2.25. The van der Waals surface area contributed by atoms with Gasteiger partial charge in [-0.15, -0.1) is 0 Å². The van der Waals surface area contributed by atoms with Crippen LogP contribution in [0.1, 0.15) is 0 Å². The summed E-state index contributed by atoms with van der Waals surface area (Å²) in [5, 5.41) is 9.28. The van der Waals surface area contributed by atoms with Gasteiger partial charge in [-0.25, -0.2) is 4.98 Å². The highest BCUT2D eigenvalue weighted by Gasteiger charge is 2.13. The van der Waals surface area contributed by atoms with Gasteiger partial charge in [0.1, 0.15) is 5.82 Å². The minimum atomic E-state index is 0.0950. The van der Waals surface area contributed by atoms with E-state index in [0.29, 0.717) is 6.54 Å². The van der Waals surface area contributed by atoms with Crippen LogP contribution in [0.5, 0.6) is 0 Å². The maximum absolute atomic E-state index is 9.28. The highest BCUT2D eigenvalue weighted by atomic mass is 79.9. The van der Waals surface area contributed by atoms with Crippen molar-refractivity contribution in [3.63, 3.8) is 0 Å². The molecule has 0 aliphatic carbocycles. The number of benzene rings is 2. The molecule has 0 spiro atoms. The summed E-state index contributed by atoms with van der Waals surface area (Å²) in [6.07, 6.45) is 0. The zero-order valence-electron chi connectivity index (χ0n) is 10.3. The van der Waals surface area contributed by atoms with Crippen LogP contribution in [0.25, 0.3) is 22.4 Å². The highest BCUT2D eigenvalue weighted by molar-refractivity contribution is 9.10. The molecule has 0 fully saturated rings. The lowest BCUT2D eigenvalue weighted by molar-refractivity contribution is 0.278. The molecule has 0 unspecified atom stereocenters. The molecule has 0 saturated carbocycles. The average molecular weight is 317 g/mol. The Bertz CT molecular complexity index is 721. The van der Waals surface area contributed by atoms with Crippen molar-refractivity contribution in [2.75, 3.05) is 6.61 Å². The number of aliphatic hydroxyl groups is 1. The minimum absolute atomic E-state index is 0.0950. The van der Waals surface area contributed by atoms with Crippen LogP contribution in [-0.4, -0.2) is 21.3 Å². The zero-order chi connectivity index (χ0) is 13.2. The Balaban J connectivity index is 2.28. The molecule has 3 rings (SSSR count). The van der Waals surface area contributed by atoms with E-state index in [1.54, 1.807) is 0 Å². The fraction of sp³-hybridized carbons (Fsp3) is 0.133. The third-order valence-corrected chi connectivity index (χ3v) is 3.78. The number of hydrogen-bond donors (Lipinski definition) is 1. The van der Waals surface area contributed by atoms with Crippen LogP contribution in [0.4, 0.5) is 0 Å². The van der Waals surface area contributed by atoms with Gasteiger partial charge in [-0.05, 0) is 18.2 Å². The van der Waals surface area contributed by atoms with Gasteiger partial charge in [0.05, 0.1) is 17.6 Å². The van der Waals surface area contributed by atoms with E-state index in [1.165, 1.54) is 0 Å². The first-order chi connectivity index (χ1) is 9.31. The number of rotatable bonds is 3. The Morgan fingerprint density at radius 1 is 1.05 bits per heavy atom. The summed E-state index contributed by atoms with van der Waals surface area (Å²) in [4.78, 5) is 4.68. The van der Waals surface area contributed by atoms with Crippen molar-refractivity contribution in [2.45, 2.75) is 6.54 Å². The van der Waals surface area contributed by atoms with Crippen LogP contribution in [0.2, 0.25) is 0 Å². The first kappa shape index (κ1) is 12.4. The molecule has 3 aromatic rings. The lowest BCUT2D eigenvalue weighted by Gasteiger charge is -2.08. The van der Waals surface area contributed by atoms with Gasteiger partial charge in [0.25, 0.3) is 0 Å². The normalized spacial score (nSPS) is 11.1. The van der Waals surface area contributed by atoms with Gasteiger partial charge in [0.15, 0.2) is 0 Å². The molecule has 0 atom stereocenters. The van der Waals surface area contributed by atoms with Crippen molar-refractivity contribution in [3.05, 3.63) is 53.0 Å². The molecule has 0 saturated heterocycles. The Morgan fingerprint density at radius 2 is 1.79 bits per heavy atom. The number of para-hydroxylation sites is 2. The quantitative estimate of drug-likeness (QED) is 0.803. The van der Waals surface area contributed by atoms with Gasteiger partial charge in [-0.2, -0.15) is 0 Å². The molecule has 19 heavy (non-hydrogen) atoms. The van der Waals surface area contributed by atoms with Gasteiger partial charge in [-0.3, -0.25) is 0 Å². The SMILES string of the molecule is OCCn1c(-c2ccccc2Br)nc2ccccc21. The van der Waals surface area contributed by atoms with Crippen molar-refractivity contribution in [1.29, 1.82) is 0 Å². The maximum Gasteiger partial charge on any atom is 0.142 e. The van der Waals surface area contributed by atoms with Crippen LogP contribution < -0.4 is 0 Å². The second-order valence-electron chi connectivity index (χ2n) is 4.28. The lowest BCUT2D eigenvalue weighted by atomic mass is 10.2. The van der Waals surface area contributed by atoms with E-state index in [4.69, 9.17) is 0 Å². The van der Waals surface area contributed by atoms with E-state index in [9.17, 15) is 5.11 Å². The van der Waals surface area contributed by atoms with E-state index in [0.717, 1.165) is 26.9 Å². The number of nitrogens with zero attached hydrogens (tertiary/aromatic N) is 2. The third-order valence-electron chi connectivity index (χ3n) is 3.09. The largest absolute Gasteiger partial charge is 0.395 e. The molecule has 1 aromatic heterocycles. The van der Waals surface area contributed by atoms with Gasteiger partial charge in [-0.1, -0.05) is 46.3 Å². The number of aromatic nitrogens is 2. The molecule has 1 N–H and O–H groups in total. The molecule has 0 aliphatic rings. The summed E-state index contributed by atoms with van der Waals surface area (Å²) in [6.45, 7) is 0.634. The molecule has 0 aliphatic heterocycles. The van der Waals surface area contributed by atoms with Crippen molar-refractivity contribution >= 4 is 27.0 Å². The molecule has 4 heteroatoms. The second-order valence-corrected chi connectivity index (χ2v) is 5.13. The summed E-state index contributed by atoms with van der Waals surface area (Å²) in [5.74, 6) is 0.878. The lowest BCUT2D eigenvalue weighted by Crippen LogP contribution is -2.04. The van der Waals surface area contributed by atoms with Crippen LogP contribution in [-0.2, 0) is 6.54 Å². The van der Waals surface area contributed by atoms with E-state index in [-0.39, 0.29) is 6.61 Å². The monoisotopic (exact) mass is 316 g/mol. The molecule has 0 amide bonds. The first-order valence-electron chi connectivity index (χ1n) is 6.12. The predicted molar refractivity (Wildman–Crippen MR) is 80.0 cm³/mol. The molecule has 0 bridgehead atoms. The predicted octanol–water partition coefficient (Wildman–Crippen LogP) is 3.46. The van der Waals surface area contributed by atoms with Gasteiger partial charge in [0.2, 0.25) is 0 Å². The summed E-state index contributed by atoms with van der Waals surface area (Å²) >= 11 is 3.56. The van der Waals surface area contributed by atoms with Crippen molar-refractivity contribution in [1.82, 2.24) is 9.55 Å². The number of hydrogen-bond acceptors (Lipinski definition) is 2. The first-order valence-corrected chi connectivity index (χ1v) is 6.91. The van der Waals surface area contributed by atoms with Crippen LogP contribution in [0, 0.1) is 0 Å². The number of fused-ring (bicyclic) bond motifs is 1. The third kappa shape index (κ3) is 2.17. The van der Waals surface area contributed by atoms with Gasteiger partial charge in [0, 0.05) is 16.6 Å². The zero-order valence-corrected chi connectivity index (χ0v) is 11.8. The summed E-state index contributed by atoms with van der Waals surface area (Å²) in [7, 11) is 0. The number of imidazole rings is 1. The maximum atomic E-state index is 9.28.